The van der Waals surface area contributed by atoms with Crippen LogP contribution >= 0.6 is 0 Å². The fourth-order valence-electron chi connectivity index (χ4n) is 4.31. The highest BCUT2D eigenvalue weighted by atomic mass is 32.2. The number of nitrogens with one attached hydrogen (secondary N) is 1. The summed E-state index contributed by atoms with van der Waals surface area (Å²) in [5.74, 6) is 0.955. The lowest BCUT2D eigenvalue weighted by Gasteiger charge is -2.36. The largest absolute Gasteiger partial charge is 0.497 e. The Morgan fingerprint density at radius 2 is 1.91 bits per heavy atom. The second kappa shape index (κ2) is 5.23. The van der Waals surface area contributed by atoms with Gasteiger partial charge in [-0.15, -0.1) is 0 Å². The molecule has 1 N–H and O–H groups in total. The molecule has 23 heavy (non-hydrogen) atoms. The lowest BCUT2D eigenvalue weighted by Crippen LogP contribution is -2.43. The molecule has 5 nitrogen and oxygen atoms in total. The van der Waals surface area contributed by atoms with Gasteiger partial charge in [-0.3, -0.25) is 9.52 Å². The second-order valence-corrected chi connectivity index (χ2v) is 8.98. The van der Waals surface area contributed by atoms with Crippen LogP contribution in [0.15, 0.2) is 24.3 Å². The quantitative estimate of drug-likeness (QED) is 0.897. The number of rotatable bonds is 5. The molecule has 2 bridgehead atoms. The summed E-state index contributed by atoms with van der Waals surface area (Å²) in [5, 5.41) is 0. The number of methoxy groups -OCH3 is 1. The number of ketones is 1. The molecule has 2 atom stereocenters. The Bertz CT molecular complexity index is 723. The van der Waals surface area contributed by atoms with E-state index in [2.05, 4.69) is 4.72 Å². The topological polar surface area (TPSA) is 72.5 Å². The van der Waals surface area contributed by atoms with Gasteiger partial charge in [-0.2, -0.15) is 0 Å². The maximum absolute atomic E-state index is 12.6. The van der Waals surface area contributed by atoms with Gasteiger partial charge in [0.25, 0.3) is 0 Å². The monoisotopic (exact) mass is 337 g/mol. The number of anilines is 1. The first kappa shape index (κ1) is 16.3. The molecule has 2 fully saturated rings. The molecule has 0 aliphatic heterocycles. The number of hydrogen-bond acceptors (Lipinski definition) is 4. The van der Waals surface area contributed by atoms with E-state index < -0.39 is 15.4 Å². The molecule has 0 radical (unpaired) electrons. The summed E-state index contributed by atoms with van der Waals surface area (Å²) in [6.07, 6.45) is 2.13. The minimum absolute atomic E-state index is 0.110. The van der Waals surface area contributed by atoms with Gasteiger partial charge < -0.3 is 4.74 Å². The summed E-state index contributed by atoms with van der Waals surface area (Å²) in [6.45, 7) is 4.08. The van der Waals surface area contributed by atoms with Crippen LogP contribution in [-0.4, -0.2) is 27.1 Å². The Hall–Kier alpha value is -1.56. The smallest absolute Gasteiger partial charge is 0.233 e. The van der Waals surface area contributed by atoms with Crippen molar-refractivity contribution in [1.29, 1.82) is 0 Å². The number of carbonyl (C=O) groups is 1. The third kappa shape index (κ3) is 2.53. The summed E-state index contributed by atoms with van der Waals surface area (Å²) < 4.78 is 32.9. The number of sulfonamides is 1. The normalized spacial score (nSPS) is 28.8. The molecule has 0 unspecified atom stereocenters. The SMILES string of the molecule is COc1ccc(NS(=O)(=O)C[C@]23CC[C@H](CC2=O)C3(C)C)cc1. The van der Waals surface area contributed by atoms with Crippen molar-refractivity contribution < 1.29 is 17.9 Å². The summed E-state index contributed by atoms with van der Waals surface area (Å²) in [6, 6.07) is 6.72. The number of benzene rings is 1. The van der Waals surface area contributed by atoms with Crippen LogP contribution in [-0.2, 0) is 14.8 Å². The fraction of sp³-hybridized carbons (Fsp3) is 0.588. The molecule has 2 saturated carbocycles. The first-order valence-electron chi connectivity index (χ1n) is 7.88. The molecule has 3 rings (SSSR count). The van der Waals surface area contributed by atoms with Crippen LogP contribution in [0.4, 0.5) is 5.69 Å². The molecule has 0 spiro atoms. The maximum Gasteiger partial charge on any atom is 0.233 e. The standard InChI is InChI=1S/C17H23NO4S/c1-16(2)12-8-9-17(16,15(19)10-12)11-23(20,21)18-13-4-6-14(22-3)7-5-13/h4-7,12,18H,8-11H2,1-3H3/t12-,17-/m1/s1. The predicted molar refractivity (Wildman–Crippen MR) is 89.0 cm³/mol. The minimum atomic E-state index is -3.60. The summed E-state index contributed by atoms with van der Waals surface area (Å²) in [7, 11) is -2.04. The number of carbonyl (C=O) groups excluding carboxylic acids is 1. The van der Waals surface area contributed by atoms with E-state index in [1.54, 1.807) is 31.4 Å². The van der Waals surface area contributed by atoms with Crippen LogP contribution in [0.2, 0.25) is 0 Å². The van der Waals surface area contributed by atoms with Gasteiger partial charge in [0.15, 0.2) is 0 Å². The van der Waals surface area contributed by atoms with Crippen molar-refractivity contribution in [2.24, 2.45) is 16.7 Å². The summed E-state index contributed by atoms with van der Waals surface area (Å²) in [5.41, 5.74) is -0.505. The van der Waals surface area contributed by atoms with Crippen molar-refractivity contribution >= 4 is 21.5 Å². The van der Waals surface area contributed by atoms with E-state index >= 15 is 0 Å². The molecule has 0 heterocycles. The Kier molecular flexibility index (Phi) is 3.71. The van der Waals surface area contributed by atoms with Crippen LogP contribution in [0, 0.1) is 16.7 Å². The fourth-order valence-corrected chi connectivity index (χ4v) is 6.20. The van der Waals surface area contributed by atoms with Crippen molar-refractivity contribution in [2.45, 2.75) is 33.1 Å². The molecular formula is C17H23NO4S. The van der Waals surface area contributed by atoms with Crippen LogP contribution in [0.1, 0.15) is 33.1 Å². The van der Waals surface area contributed by atoms with Gasteiger partial charge in [-0.05, 0) is 48.4 Å². The van der Waals surface area contributed by atoms with Crippen LogP contribution in [0.5, 0.6) is 5.75 Å². The lowest BCUT2D eigenvalue weighted by molar-refractivity contribution is -0.128. The average molecular weight is 337 g/mol. The van der Waals surface area contributed by atoms with E-state index in [0.717, 1.165) is 6.42 Å². The third-order valence-electron chi connectivity index (χ3n) is 5.94. The molecule has 0 saturated heterocycles. The zero-order valence-corrected chi connectivity index (χ0v) is 14.6. The van der Waals surface area contributed by atoms with E-state index in [4.69, 9.17) is 4.74 Å². The zero-order valence-electron chi connectivity index (χ0n) is 13.8. The van der Waals surface area contributed by atoms with Gasteiger partial charge in [-0.1, -0.05) is 13.8 Å². The first-order valence-corrected chi connectivity index (χ1v) is 9.53. The first-order chi connectivity index (χ1) is 10.7. The van der Waals surface area contributed by atoms with E-state index in [9.17, 15) is 13.2 Å². The molecule has 2 aliphatic carbocycles. The molecule has 2 aliphatic rings. The van der Waals surface area contributed by atoms with Gasteiger partial charge in [0.2, 0.25) is 10.0 Å². The van der Waals surface area contributed by atoms with E-state index in [0.29, 0.717) is 30.2 Å². The predicted octanol–water partition coefficient (Wildman–Crippen LogP) is 2.83. The number of ether oxygens (including phenoxy) is 1. The Labute approximate surface area is 137 Å². The van der Waals surface area contributed by atoms with Crippen molar-refractivity contribution in [2.75, 3.05) is 17.6 Å². The Balaban J connectivity index is 1.82. The lowest BCUT2D eigenvalue weighted by atomic mass is 9.70. The molecule has 1 aromatic carbocycles. The number of fused-ring (bicyclic) bond motifs is 2. The average Bonchev–Trinajstić information content (AvgIpc) is 2.81. The third-order valence-corrected chi connectivity index (χ3v) is 7.36. The number of hydrogen-bond donors (Lipinski definition) is 1. The van der Waals surface area contributed by atoms with Gasteiger partial charge >= 0.3 is 0 Å². The highest BCUT2D eigenvalue weighted by Gasteiger charge is 2.65. The zero-order chi connectivity index (χ0) is 16.9. The van der Waals surface area contributed by atoms with E-state index in [1.165, 1.54) is 0 Å². The molecular weight excluding hydrogens is 314 g/mol. The van der Waals surface area contributed by atoms with Crippen molar-refractivity contribution in [1.82, 2.24) is 0 Å². The van der Waals surface area contributed by atoms with Crippen LogP contribution < -0.4 is 9.46 Å². The van der Waals surface area contributed by atoms with E-state index in [1.807, 2.05) is 13.8 Å². The Morgan fingerprint density at radius 3 is 2.39 bits per heavy atom. The van der Waals surface area contributed by atoms with Crippen LogP contribution in [0.25, 0.3) is 0 Å². The van der Waals surface area contributed by atoms with Gasteiger partial charge in [0, 0.05) is 12.1 Å². The van der Waals surface area contributed by atoms with Crippen molar-refractivity contribution in [3.63, 3.8) is 0 Å². The van der Waals surface area contributed by atoms with Gasteiger partial charge in [0.1, 0.15) is 11.5 Å². The number of Topliss-reactive ketones (excluding diaryl/α,β-unsaturated/α-hetero) is 1. The summed E-state index contributed by atoms with van der Waals surface area (Å²) >= 11 is 0. The van der Waals surface area contributed by atoms with Crippen molar-refractivity contribution in [3.8, 4) is 5.75 Å². The molecule has 1 aromatic rings. The maximum atomic E-state index is 12.6. The van der Waals surface area contributed by atoms with Gasteiger partial charge in [0.05, 0.1) is 18.3 Å². The Morgan fingerprint density at radius 1 is 1.26 bits per heavy atom. The molecule has 126 valence electrons. The molecule has 6 heteroatoms. The van der Waals surface area contributed by atoms with E-state index in [-0.39, 0.29) is 17.0 Å². The van der Waals surface area contributed by atoms with Crippen molar-refractivity contribution in [3.05, 3.63) is 24.3 Å². The van der Waals surface area contributed by atoms with Crippen LogP contribution in [0.3, 0.4) is 0 Å². The highest BCUT2D eigenvalue weighted by molar-refractivity contribution is 7.92. The second-order valence-electron chi connectivity index (χ2n) is 7.26. The highest BCUT2D eigenvalue weighted by Crippen LogP contribution is 2.64. The van der Waals surface area contributed by atoms with Gasteiger partial charge in [-0.25, -0.2) is 8.42 Å². The molecule has 0 aromatic heterocycles. The minimum Gasteiger partial charge on any atom is -0.497 e. The summed E-state index contributed by atoms with van der Waals surface area (Å²) in [4.78, 5) is 12.5. The molecule has 0 amide bonds.